The molecule has 0 amide bonds. The van der Waals surface area contributed by atoms with E-state index in [4.69, 9.17) is 9.47 Å². The third kappa shape index (κ3) is 8.48. The van der Waals surface area contributed by atoms with Crippen molar-refractivity contribution in [1.82, 2.24) is 15.5 Å². The standard InChI is InChI=1S/C22H38N4O2/c1-19-9-10-20(21(17-19)28-16-15-27-3)18-25-22(23-2)24-11-8-14-26-12-6-4-5-7-13-26/h9-10,17H,4-8,11-16,18H2,1-3H3,(H2,23,24,25). The van der Waals surface area contributed by atoms with E-state index < -0.39 is 0 Å². The number of aliphatic imine (C=N–C) groups is 1. The second-order valence-corrected chi connectivity index (χ2v) is 7.41. The summed E-state index contributed by atoms with van der Waals surface area (Å²) in [6, 6.07) is 6.29. The molecule has 0 bridgehead atoms. The number of hydrogen-bond donors (Lipinski definition) is 2. The van der Waals surface area contributed by atoms with Gasteiger partial charge in [-0.2, -0.15) is 0 Å². The minimum atomic E-state index is 0.552. The van der Waals surface area contributed by atoms with Gasteiger partial charge in [0.2, 0.25) is 0 Å². The molecular formula is C22H38N4O2. The van der Waals surface area contributed by atoms with Crippen molar-refractivity contribution in [1.29, 1.82) is 0 Å². The molecule has 0 radical (unpaired) electrons. The van der Waals surface area contributed by atoms with Gasteiger partial charge >= 0.3 is 0 Å². The largest absolute Gasteiger partial charge is 0.491 e. The van der Waals surface area contributed by atoms with Crippen LogP contribution in [0.2, 0.25) is 0 Å². The fourth-order valence-electron chi connectivity index (χ4n) is 3.45. The molecule has 0 spiro atoms. The summed E-state index contributed by atoms with van der Waals surface area (Å²) in [5.41, 5.74) is 2.31. The molecule has 1 saturated heterocycles. The normalized spacial score (nSPS) is 15.9. The number of ether oxygens (including phenoxy) is 2. The van der Waals surface area contributed by atoms with E-state index in [9.17, 15) is 0 Å². The lowest BCUT2D eigenvalue weighted by atomic mass is 10.1. The van der Waals surface area contributed by atoms with Crippen LogP contribution in [0.15, 0.2) is 23.2 Å². The van der Waals surface area contributed by atoms with Crippen LogP contribution >= 0.6 is 0 Å². The molecule has 0 unspecified atom stereocenters. The number of nitrogens with zero attached hydrogens (tertiary/aromatic N) is 2. The van der Waals surface area contributed by atoms with E-state index in [-0.39, 0.29) is 0 Å². The van der Waals surface area contributed by atoms with Crippen LogP contribution in [0.3, 0.4) is 0 Å². The zero-order chi connectivity index (χ0) is 20.0. The second kappa shape index (κ2) is 13.4. The fraction of sp³-hybridized carbons (Fsp3) is 0.682. The third-order valence-corrected chi connectivity index (χ3v) is 5.08. The van der Waals surface area contributed by atoms with E-state index in [1.54, 1.807) is 7.11 Å². The van der Waals surface area contributed by atoms with Gasteiger partial charge in [-0.05, 0) is 57.5 Å². The predicted octanol–water partition coefficient (Wildman–Crippen LogP) is 2.95. The summed E-state index contributed by atoms with van der Waals surface area (Å²) in [5.74, 6) is 1.74. The monoisotopic (exact) mass is 390 g/mol. The van der Waals surface area contributed by atoms with Crippen LogP contribution in [0, 0.1) is 6.92 Å². The first-order valence-corrected chi connectivity index (χ1v) is 10.6. The highest BCUT2D eigenvalue weighted by Crippen LogP contribution is 2.20. The summed E-state index contributed by atoms with van der Waals surface area (Å²) in [6.07, 6.45) is 6.61. The summed E-state index contributed by atoms with van der Waals surface area (Å²) in [6.45, 7) is 8.50. The molecule has 6 heteroatoms. The molecule has 1 aromatic carbocycles. The first-order valence-electron chi connectivity index (χ1n) is 10.6. The van der Waals surface area contributed by atoms with Gasteiger partial charge in [-0.1, -0.05) is 25.0 Å². The fourth-order valence-corrected chi connectivity index (χ4v) is 3.45. The Morgan fingerprint density at radius 1 is 1.11 bits per heavy atom. The zero-order valence-corrected chi connectivity index (χ0v) is 17.9. The average Bonchev–Trinajstić information content (AvgIpc) is 2.97. The molecule has 0 aliphatic carbocycles. The van der Waals surface area contributed by atoms with E-state index in [0.29, 0.717) is 19.8 Å². The van der Waals surface area contributed by atoms with Crippen LogP contribution in [0.25, 0.3) is 0 Å². The molecule has 0 saturated carbocycles. The zero-order valence-electron chi connectivity index (χ0n) is 17.9. The van der Waals surface area contributed by atoms with Crippen molar-refractivity contribution in [3.63, 3.8) is 0 Å². The summed E-state index contributed by atoms with van der Waals surface area (Å²) in [4.78, 5) is 6.94. The van der Waals surface area contributed by atoms with Gasteiger partial charge in [-0.25, -0.2) is 0 Å². The predicted molar refractivity (Wildman–Crippen MR) is 116 cm³/mol. The molecule has 1 fully saturated rings. The van der Waals surface area contributed by atoms with E-state index in [0.717, 1.165) is 30.2 Å². The molecule has 6 nitrogen and oxygen atoms in total. The van der Waals surface area contributed by atoms with E-state index in [1.807, 2.05) is 7.05 Å². The molecule has 2 N–H and O–H groups in total. The average molecular weight is 391 g/mol. The lowest BCUT2D eigenvalue weighted by molar-refractivity contribution is 0.145. The van der Waals surface area contributed by atoms with E-state index in [2.05, 4.69) is 45.6 Å². The van der Waals surface area contributed by atoms with Gasteiger partial charge < -0.3 is 25.0 Å². The van der Waals surface area contributed by atoms with Gasteiger partial charge in [0, 0.05) is 32.8 Å². The van der Waals surface area contributed by atoms with Crippen molar-refractivity contribution in [2.45, 2.75) is 45.6 Å². The number of likely N-dealkylation sites (tertiary alicyclic amines) is 1. The summed E-state index contributed by atoms with van der Waals surface area (Å²) in [5, 5.41) is 6.83. The van der Waals surface area contributed by atoms with Crippen molar-refractivity contribution in [2.75, 3.05) is 53.6 Å². The molecule has 1 aromatic rings. The Labute approximate surface area is 170 Å². The van der Waals surface area contributed by atoms with E-state index in [1.165, 1.54) is 50.9 Å². The van der Waals surface area contributed by atoms with Gasteiger partial charge in [0.05, 0.1) is 6.61 Å². The number of guanidine groups is 1. The third-order valence-electron chi connectivity index (χ3n) is 5.08. The number of rotatable bonds is 10. The summed E-state index contributed by atoms with van der Waals surface area (Å²) in [7, 11) is 3.50. The highest BCUT2D eigenvalue weighted by molar-refractivity contribution is 5.79. The van der Waals surface area contributed by atoms with Gasteiger partial charge in [0.25, 0.3) is 0 Å². The van der Waals surface area contributed by atoms with Crippen LogP contribution in [0.4, 0.5) is 0 Å². The highest BCUT2D eigenvalue weighted by Gasteiger charge is 2.09. The second-order valence-electron chi connectivity index (χ2n) is 7.41. The molecule has 0 atom stereocenters. The Balaban J connectivity index is 1.74. The van der Waals surface area contributed by atoms with Crippen molar-refractivity contribution in [3.8, 4) is 5.75 Å². The minimum Gasteiger partial charge on any atom is -0.491 e. The quantitative estimate of drug-likeness (QED) is 0.365. The molecule has 0 aromatic heterocycles. The van der Waals surface area contributed by atoms with Crippen LogP contribution in [-0.4, -0.2) is 64.4 Å². The first-order chi connectivity index (χ1) is 13.7. The smallest absolute Gasteiger partial charge is 0.191 e. The molecule has 158 valence electrons. The van der Waals surface area contributed by atoms with Crippen LogP contribution in [0.1, 0.15) is 43.2 Å². The highest BCUT2D eigenvalue weighted by atomic mass is 16.5. The van der Waals surface area contributed by atoms with Gasteiger partial charge in [-0.3, -0.25) is 4.99 Å². The number of nitrogens with one attached hydrogen (secondary N) is 2. The van der Waals surface area contributed by atoms with Crippen molar-refractivity contribution in [3.05, 3.63) is 29.3 Å². The lowest BCUT2D eigenvalue weighted by Gasteiger charge is -2.20. The van der Waals surface area contributed by atoms with E-state index >= 15 is 0 Å². The molecule has 28 heavy (non-hydrogen) atoms. The molecule has 1 heterocycles. The Hall–Kier alpha value is -1.79. The summed E-state index contributed by atoms with van der Waals surface area (Å²) >= 11 is 0. The maximum Gasteiger partial charge on any atom is 0.191 e. The first kappa shape index (κ1) is 22.5. The van der Waals surface area contributed by atoms with Crippen LogP contribution in [-0.2, 0) is 11.3 Å². The molecule has 1 aliphatic rings. The summed E-state index contributed by atoms with van der Waals surface area (Å²) < 4.78 is 11.0. The Kier molecular flexibility index (Phi) is 10.8. The molecular weight excluding hydrogens is 352 g/mol. The van der Waals surface area contributed by atoms with Crippen LogP contribution < -0.4 is 15.4 Å². The number of methoxy groups -OCH3 is 1. The van der Waals surface area contributed by atoms with Crippen molar-refractivity contribution >= 4 is 5.96 Å². The maximum atomic E-state index is 5.87. The Morgan fingerprint density at radius 2 is 1.89 bits per heavy atom. The molecule has 2 rings (SSSR count). The van der Waals surface area contributed by atoms with Crippen molar-refractivity contribution in [2.24, 2.45) is 4.99 Å². The molecule has 1 aliphatic heterocycles. The Morgan fingerprint density at radius 3 is 2.61 bits per heavy atom. The van der Waals surface area contributed by atoms with Crippen molar-refractivity contribution < 1.29 is 9.47 Å². The number of aryl methyl sites for hydroxylation is 1. The number of hydrogen-bond acceptors (Lipinski definition) is 4. The van der Waals surface area contributed by atoms with Gasteiger partial charge in [0.1, 0.15) is 12.4 Å². The Bertz CT molecular complexity index is 584. The van der Waals surface area contributed by atoms with Gasteiger partial charge in [0.15, 0.2) is 5.96 Å². The lowest BCUT2D eigenvalue weighted by Crippen LogP contribution is -2.38. The van der Waals surface area contributed by atoms with Gasteiger partial charge in [-0.15, -0.1) is 0 Å². The topological polar surface area (TPSA) is 58.1 Å². The SMILES string of the molecule is CN=C(NCCCN1CCCCCC1)NCc1ccc(C)cc1OCCOC. The maximum absolute atomic E-state index is 5.87. The minimum absolute atomic E-state index is 0.552. The van der Waals surface area contributed by atoms with Crippen LogP contribution in [0.5, 0.6) is 5.75 Å². The number of benzene rings is 1.